The van der Waals surface area contributed by atoms with E-state index in [1.54, 1.807) is 6.92 Å². The highest BCUT2D eigenvalue weighted by molar-refractivity contribution is 5.82. The molecule has 0 aliphatic carbocycles. The maximum Gasteiger partial charge on any atom is 0.334 e. The average Bonchev–Trinajstić information content (AvgIpc) is 2.64. The summed E-state index contributed by atoms with van der Waals surface area (Å²) in [7, 11) is 0. The van der Waals surface area contributed by atoms with Crippen LogP contribution in [0.2, 0.25) is 0 Å². The number of likely N-dealkylation sites (tertiary alicyclic amines) is 1. The van der Waals surface area contributed by atoms with Crippen LogP contribution in [-0.2, 0) is 9.59 Å². The molecule has 0 aromatic carbocycles. The summed E-state index contributed by atoms with van der Waals surface area (Å²) in [6, 6.07) is 0.397. The van der Waals surface area contributed by atoms with Gasteiger partial charge < -0.3 is 15.5 Å². The van der Waals surface area contributed by atoms with Crippen LogP contribution in [0.3, 0.4) is 0 Å². The number of aliphatic hydroxyl groups is 1. The van der Waals surface area contributed by atoms with E-state index in [1.165, 1.54) is 0 Å². The van der Waals surface area contributed by atoms with E-state index >= 15 is 0 Å². The fourth-order valence-corrected chi connectivity index (χ4v) is 2.55. The van der Waals surface area contributed by atoms with Gasteiger partial charge in [-0.1, -0.05) is 0 Å². The minimum absolute atomic E-state index is 0.240. The van der Waals surface area contributed by atoms with Gasteiger partial charge in [0.2, 0.25) is 5.91 Å². The number of carboxylic acid groups (broad SMARTS) is 1. The van der Waals surface area contributed by atoms with Gasteiger partial charge in [0.05, 0.1) is 12.6 Å². The van der Waals surface area contributed by atoms with E-state index in [4.69, 9.17) is 10.2 Å². The van der Waals surface area contributed by atoms with Gasteiger partial charge in [0.1, 0.15) is 0 Å². The van der Waals surface area contributed by atoms with Crippen LogP contribution in [0.1, 0.15) is 33.6 Å². The van der Waals surface area contributed by atoms with E-state index in [0.717, 1.165) is 12.8 Å². The molecule has 0 bridgehead atoms. The molecule has 1 aliphatic rings. The molecule has 4 atom stereocenters. The molecule has 1 fully saturated rings. The molecule has 1 rings (SSSR count). The van der Waals surface area contributed by atoms with Crippen LogP contribution in [0.4, 0.5) is 0 Å². The van der Waals surface area contributed by atoms with Crippen molar-refractivity contribution in [3.8, 4) is 0 Å². The number of hydrogen-bond donors (Lipinski definition) is 3. The van der Waals surface area contributed by atoms with E-state index in [0.29, 0.717) is 12.1 Å². The molecule has 0 spiro atoms. The first-order valence-electron chi connectivity index (χ1n) is 6.30. The summed E-state index contributed by atoms with van der Waals surface area (Å²) >= 11 is 0. The molecule has 6 nitrogen and oxygen atoms in total. The predicted octanol–water partition coefficient (Wildman–Crippen LogP) is -0.191. The van der Waals surface area contributed by atoms with Crippen LogP contribution in [0.5, 0.6) is 0 Å². The lowest BCUT2D eigenvalue weighted by atomic mass is 10.2. The molecule has 6 heteroatoms. The number of carbonyl (C=O) groups excluding carboxylic acids is 1. The SMILES string of the molecule is CC1CCC(C)N1C(C)C(=O)NCC(O)C(=O)O. The Morgan fingerprint density at radius 1 is 1.33 bits per heavy atom. The van der Waals surface area contributed by atoms with Gasteiger partial charge in [0, 0.05) is 12.1 Å². The molecule has 1 heterocycles. The first-order valence-corrected chi connectivity index (χ1v) is 6.30. The van der Waals surface area contributed by atoms with Crippen LogP contribution < -0.4 is 5.32 Å². The summed E-state index contributed by atoms with van der Waals surface area (Å²) in [6.45, 7) is 5.72. The monoisotopic (exact) mass is 258 g/mol. The van der Waals surface area contributed by atoms with Gasteiger partial charge in [0.25, 0.3) is 0 Å². The standard InChI is InChI=1S/C12H22N2O4/c1-7-4-5-8(2)14(7)9(3)11(16)13-6-10(15)12(17)18/h7-10,15H,4-6H2,1-3H3,(H,13,16)(H,17,18). The van der Waals surface area contributed by atoms with Crippen molar-refractivity contribution in [3.63, 3.8) is 0 Å². The van der Waals surface area contributed by atoms with Crippen molar-refractivity contribution < 1.29 is 19.8 Å². The molecule has 4 unspecified atom stereocenters. The van der Waals surface area contributed by atoms with Crippen LogP contribution in [0, 0.1) is 0 Å². The molecule has 0 aromatic heterocycles. The molecule has 18 heavy (non-hydrogen) atoms. The van der Waals surface area contributed by atoms with Crippen LogP contribution in [0.15, 0.2) is 0 Å². The molecule has 1 aliphatic heterocycles. The third-order valence-corrected chi connectivity index (χ3v) is 3.60. The van der Waals surface area contributed by atoms with E-state index in [1.807, 2.05) is 0 Å². The third kappa shape index (κ3) is 3.43. The Labute approximate surface area is 107 Å². The second-order valence-corrected chi connectivity index (χ2v) is 5.00. The number of aliphatic hydroxyl groups excluding tert-OH is 1. The number of hydrogen-bond acceptors (Lipinski definition) is 4. The van der Waals surface area contributed by atoms with Gasteiger partial charge in [-0.25, -0.2) is 4.79 Å². The Bertz CT molecular complexity index is 311. The minimum Gasteiger partial charge on any atom is -0.479 e. The van der Waals surface area contributed by atoms with Crippen molar-refractivity contribution in [1.82, 2.24) is 10.2 Å². The predicted molar refractivity (Wildman–Crippen MR) is 66.1 cm³/mol. The van der Waals surface area contributed by atoms with Gasteiger partial charge in [0.15, 0.2) is 6.10 Å². The molecule has 1 saturated heterocycles. The van der Waals surface area contributed by atoms with E-state index < -0.39 is 12.1 Å². The molecule has 0 aromatic rings. The number of nitrogens with one attached hydrogen (secondary N) is 1. The summed E-state index contributed by atoms with van der Waals surface area (Å²) in [5.41, 5.74) is 0. The quantitative estimate of drug-likeness (QED) is 0.636. The maximum absolute atomic E-state index is 11.9. The number of aliphatic carboxylic acids is 1. The smallest absolute Gasteiger partial charge is 0.334 e. The fourth-order valence-electron chi connectivity index (χ4n) is 2.55. The van der Waals surface area contributed by atoms with Crippen LogP contribution in [-0.4, -0.2) is 57.8 Å². The number of carboxylic acids is 1. The normalized spacial score (nSPS) is 27.8. The van der Waals surface area contributed by atoms with E-state index in [-0.39, 0.29) is 18.5 Å². The van der Waals surface area contributed by atoms with Gasteiger partial charge in [-0.15, -0.1) is 0 Å². The summed E-state index contributed by atoms with van der Waals surface area (Å²) < 4.78 is 0. The second-order valence-electron chi connectivity index (χ2n) is 5.00. The minimum atomic E-state index is -1.55. The van der Waals surface area contributed by atoms with Gasteiger partial charge in [-0.2, -0.15) is 0 Å². The van der Waals surface area contributed by atoms with E-state index in [9.17, 15) is 9.59 Å². The van der Waals surface area contributed by atoms with Crippen molar-refractivity contribution in [2.45, 2.75) is 57.8 Å². The third-order valence-electron chi connectivity index (χ3n) is 3.60. The zero-order chi connectivity index (χ0) is 13.9. The highest BCUT2D eigenvalue weighted by Gasteiger charge is 2.34. The lowest BCUT2D eigenvalue weighted by Crippen LogP contribution is -2.50. The van der Waals surface area contributed by atoms with Crippen molar-refractivity contribution in [2.24, 2.45) is 0 Å². The summed E-state index contributed by atoms with van der Waals surface area (Å²) in [5.74, 6) is -1.57. The van der Waals surface area contributed by atoms with Gasteiger partial charge >= 0.3 is 5.97 Å². The zero-order valence-electron chi connectivity index (χ0n) is 11.1. The highest BCUT2D eigenvalue weighted by Crippen LogP contribution is 2.25. The van der Waals surface area contributed by atoms with Crippen molar-refractivity contribution in [2.75, 3.05) is 6.54 Å². The Balaban J connectivity index is 2.48. The molecule has 1 amide bonds. The summed E-state index contributed by atoms with van der Waals surface area (Å²) in [5, 5.41) is 20.1. The first-order chi connectivity index (χ1) is 8.34. The van der Waals surface area contributed by atoms with E-state index in [2.05, 4.69) is 24.1 Å². The summed E-state index contributed by atoms with van der Waals surface area (Å²) in [6.07, 6.45) is 0.585. The molecule has 0 radical (unpaired) electrons. The highest BCUT2D eigenvalue weighted by atomic mass is 16.4. The molecule has 3 N–H and O–H groups in total. The molecule has 0 saturated carbocycles. The fraction of sp³-hybridized carbons (Fsp3) is 0.833. The Morgan fingerprint density at radius 3 is 2.28 bits per heavy atom. The Morgan fingerprint density at radius 2 is 1.83 bits per heavy atom. The summed E-state index contributed by atoms with van der Waals surface area (Å²) in [4.78, 5) is 24.4. The van der Waals surface area contributed by atoms with Crippen LogP contribution in [0.25, 0.3) is 0 Å². The lowest BCUT2D eigenvalue weighted by Gasteiger charge is -2.31. The van der Waals surface area contributed by atoms with Crippen LogP contribution >= 0.6 is 0 Å². The number of rotatable bonds is 5. The second kappa shape index (κ2) is 6.15. The first kappa shape index (κ1) is 14.9. The lowest BCUT2D eigenvalue weighted by molar-refractivity contribution is -0.146. The number of carbonyl (C=O) groups is 2. The topological polar surface area (TPSA) is 89.9 Å². The largest absolute Gasteiger partial charge is 0.479 e. The van der Waals surface area contributed by atoms with Gasteiger partial charge in [-0.3, -0.25) is 9.69 Å². The van der Waals surface area contributed by atoms with Crippen molar-refractivity contribution >= 4 is 11.9 Å². The number of nitrogens with zero attached hydrogens (tertiary/aromatic N) is 1. The molecular formula is C12H22N2O4. The Kier molecular flexibility index (Phi) is 5.10. The Hall–Kier alpha value is -1.14. The zero-order valence-corrected chi connectivity index (χ0v) is 11.1. The van der Waals surface area contributed by atoms with Crippen molar-refractivity contribution in [3.05, 3.63) is 0 Å². The molecule has 104 valence electrons. The maximum atomic E-state index is 11.9. The number of amides is 1. The average molecular weight is 258 g/mol. The molecular weight excluding hydrogens is 236 g/mol. The van der Waals surface area contributed by atoms with Gasteiger partial charge in [-0.05, 0) is 33.6 Å². The van der Waals surface area contributed by atoms with Crippen molar-refractivity contribution in [1.29, 1.82) is 0 Å².